The fourth-order valence-electron chi connectivity index (χ4n) is 1.12. The lowest BCUT2D eigenvalue weighted by Crippen LogP contribution is -2.24. The van der Waals surface area contributed by atoms with E-state index in [1.165, 1.54) is 0 Å². The summed E-state index contributed by atoms with van der Waals surface area (Å²) in [5, 5.41) is 8.56. The Morgan fingerprint density at radius 1 is 1.00 bits per heavy atom. The summed E-state index contributed by atoms with van der Waals surface area (Å²) in [6.07, 6.45) is 0. The molecule has 128 valence electrons. The second-order valence-electron chi connectivity index (χ2n) is 3.66. The van der Waals surface area contributed by atoms with Crippen LogP contribution in [0.1, 0.15) is 0 Å². The number of rotatable bonds is 13. The van der Waals surface area contributed by atoms with Crippen LogP contribution in [0.4, 0.5) is 0 Å². The molecule has 2 atom stereocenters. The van der Waals surface area contributed by atoms with Gasteiger partial charge < -0.3 is 39.7 Å². The van der Waals surface area contributed by atoms with Crippen molar-refractivity contribution in [3.63, 3.8) is 0 Å². The van der Waals surface area contributed by atoms with E-state index in [1.54, 1.807) is 0 Å². The van der Waals surface area contributed by atoms with E-state index in [-0.39, 0.29) is 33.0 Å². The summed E-state index contributed by atoms with van der Waals surface area (Å²) in [6, 6.07) is 0. The lowest BCUT2D eigenvalue weighted by Gasteiger charge is -2.22. The van der Waals surface area contributed by atoms with Crippen molar-refractivity contribution in [1.29, 1.82) is 0 Å². The molecular weight excluding hydrogens is 332 g/mol. The van der Waals surface area contributed by atoms with Gasteiger partial charge in [0.25, 0.3) is 0 Å². The molecule has 0 saturated carbocycles. The van der Waals surface area contributed by atoms with Crippen LogP contribution >= 0.6 is 15.4 Å². The summed E-state index contributed by atoms with van der Waals surface area (Å²) in [6.45, 7) is -0.481. The maximum atomic E-state index is 11.8. The highest BCUT2D eigenvalue weighted by Crippen LogP contribution is 2.60. The third-order valence-electron chi connectivity index (χ3n) is 1.88. The Hall–Kier alpha value is 0.1000. The van der Waals surface area contributed by atoms with E-state index in [0.29, 0.717) is 6.54 Å². The highest BCUT2D eigenvalue weighted by Gasteiger charge is 2.40. The molecule has 0 rings (SSSR count). The first-order chi connectivity index (χ1) is 9.73. The van der Waals surface area contributed by atoms with E-state index >= 15 is 0 Å². The molecule has 11 nitrogen and oxygen atoms in total. The molecule has 0 aliphatic rings. The molecule has 21 heavy (non-hydrogen) atoms. The maximum Gasteiger partial charge on any atom is 0.476 e. The van der Waals surface area contributed by atoms with Crippen LogP contribution in [0.3, 0.4) is 0 Å². The molecule has 6 N–H and O–H groups in total. The minimum absolute atomic E-state index is 0.0591. The molecule has 0 saturated heterocycles. The van der Waals surface area contributed by atoms with Crippen molar-refractivity contribution in [2.24, 2.45) is 5.73 Å². The summed E-state index contributed by atoms with van der Waals surface area (Å²) in [5.74, 6) is -1.63. The van der Waals surface area contributed by atoms with Crippen LogP contribution in [0.2, 0.25) is 0 Å². The smallest absolute Gasteiger partial charge is 0.394 e. The largest absolute Gasteiger partial charge is 0.476 e. The van der Waals surface area contributed by atoms with Crippen LogP contribution in [0.15, 0.2) is 0 Å². The average molecular weight is 353 g/mol. The molecule has 0 aliphatic carbocycles. The molecule has 0 fully saturated rings. The van der Waals surface area contributed by atoms with Gasteiger partial charge in [-0.2, -0.15) is 0 Å². The van der Waals surface area contributed by atoms with Crippen LogP contribution < -0.4 is 5.73 Å². The van der Waals surface area contributed by atoms with Gasteiger partial charge >= 0.3 is 15.4 Å². The van der Waals surface area contributed by atoms with Gasteiger partial charge in [-0.3, -0.25) is 4.57 Å². The zero-order valence-corrected chi connectivity index (χ0v) is 13.0. The molecule has 0 radical (unpaired) electrons. The highest BCUT2D eigenvalue weighted by molar-refractivity contribution is 7.63. The van der Waals surface area contributed by atoms with Crippen LogP contribution in [-0.4, -0.2) is 71.8 Å². The number of ether oxygens (including phenoxy) is 3. The number of phosphoric acid groups is 1. The third-order valence-corrected chi connectivity index (χ3v) is 4.70. The fraction of sp³-hybridized carbons (Fsp3) is 1.00. The van der Waals surface area contributed by atoms with Gasteiger partial charge in [-0.15, -0.1) is 0 Å². The lowest BCUT2D eigenvalue weighted by atomic mass is 10.7. The lowest BCUT2D eigenvalue weighted by molar-refractivity contribution is -0.0178. The Morgan fingerprint density at radius 3 is 2.19 bits per heavy atom. The van der Waals surface area contributed by atoms with Crippen LogP contribution in [0, 0.1) is 0 Å². The third kappa shape index (κ3) is 11.3. The fourth-order valence-corrected chi connectivity index (χ4v) is 3.35. The monoisotopic (exact) mass is 353 g/mol. The molecule has 0 heterocycles. The SMILES string of the molecule is NCCOCCOC(COCCO)P(=O)(O)OP(=O)(O)O. The standard InChI is InChI=1S/C8H21NO10P2/c9-1-3-16-5-6-18-8(7-17-4-2-10)20(11,12)19-21(13,14)15/h8,10H,1-7,9H2,(H,11,12)(H2,13,14,15). The summed E-state index contributed by atoms with van der Waals surface area (Å²) >= 11 is 0. The van der Waals surface area contributed by atoms with Crippen molar-refractivity contribution in [2.45, 2.75) is 5.85 Å². The zero-order chi connectivity index (χ0) is 16.4. The molecule has 0 bridgehead atoms. The average Bonchev–Trinajstić information content (AvgIpc) is 2.33. The van der Waals surface area contributed by atoms with E-state index in [1.807, 2.05) is 0 Å². The van der Waals surface area contributed by atoms with Gasteiger partial charge in [-0.25, -0.2) is 8.88 Å². The predicted octanol–water partition coefficient (Wildman–Crippen LogP) is -1.39. The molecule has 0 spiro atoms. The molecule has 0 amide bonds. The first kappa shape index (κ1) is 21.1. The first-order valence-corrected chi connectivity index (χ1v) is 9.08. The Labute approximate surface area is 121 Å². The minimum Gasteiger partial charge on any atom is -0.394 e. The van der Waals surface area contributed by atoms with E-state index < -0.39 is 27.9 Å². The summed E-state index contributed by atoms with van der Waals surface area (Å²) < 4.78 is 41.1. The summed E-state index contributed by atoms with van der Waals surface area (Å²) in [5.41, 5.74) is 5.19. The number of aliphatic hydroxyl groups is 1. The van der Waals surface area contributed by atoms with Crippen molar-refractivity contribution >= 4 is 15.4 Å². The summed E-state index contributed by atoms with van der Waals surface area (Å²) in [4.78, 5) is 26.7. The number of nitrogens with two attached hydrogens (primary N) is 1. The Bertz CT molecular complexity index is 361. The zero-order valence-electron chi connectivity index (χ0n) is 11.2. The van der Waals surface area contributed by atoms with Crippen molar-refractivity contribution in [1.82, 2.24) is 0 Å². The number of hydrogen-bond donors (Lipinski definition) is 5. The number of hydrogen-bond acceptors (Lipinski definition) is 8. The van der Waals surface area contributed by atoms with Crippen molar-refractivity contribution in [2.75, 3.05) is 46.2 Å². The van der Waals surface area contributed by atoms with Gasteiger partial charge in [0.05, 0.1) is 39.6 Å². The molecular formula is C8H21NO10P2. The van der Waals surface area contributed by atoms with E-state index in [9.17, 15) is 14.0 Å². The van der Waals surface area contributed by atoms with E-state index in [0.717, 1.165) is 0 Å². The number of aliphatic hydroxyl groups excluding tert-OH is 1. The molecule has 0 aromatic rings. The van der Waals surface area contributed by atoms with Crippen LogP contribution in [-0.2, 0) is 27.7 Å². The maximum absolute atomic E-state index is 11.8. The van der Waals surface area contributed by atoms with Gasteiger partial charge in [-0.05, 0) is 0 Å². The first-order valence-electron chi connectivity index (χ1n) is 5.90. The summed E-state index contributed by atoms with van der Waals surface area (Å²) in [7, 11) is -9.97. The van der Waals surface area contributed by atoms with Crippen LogP contribution in [0.25, 0.3) is 0 Å². The molecule has 0 aliphatic heterocycles. The Balaban J connectivity index is 4.48. The van der Waals surface area contributed by atoms with Crippen molar-refractivity contribution in [3.8, 4) is 0 Å². The van der Waals surface area contributed by atoms with Gasteiger partial charge in [0.15, 0.2) is 5.85 Å². The van der Waals surface area contributed by atoms with Crippen LogP contribution in [0.5, 0.6) is 0 Å². The van der Waals surface area contributed by atoms with Gasteiger partial charge in [-0.1, -0.05) is 0 Å². The molecule has 0 aromatic carbocycles. The molecule has 2 unspecified atom stereocenters. The normalized spacial score (nSPS) is 16.6. The van der Waals surface area contributed by atoms with Crippen molar-refractivity contribution in [3.05, 3.63) is 0 Å². The minimum atomic E-state index is -5.18. The second kappa shape index (κ2) is 10.8. The second-order valence-corrected chi connectivity index (χ2v) is 7.00. The Kier molecular flexibility index (Phi) is 10.8. The topological polar surface area (TPSA) is 178 Å². The molecule has 13 heteroatoms. The van der Waals surface area contributed by atoms with Crippen molar-refractivity contribution < 1.29 is 47.4 Å². The van der Waals surface area contributed by atoms with Gasteiger partial charge in [0, 0.05) is 6.54 Å². The van der Waals surface area contributed by atoms with Gasteiger partial charge in [0.1, 0.15) is 0 Å². The molecule has 0 aromatic heterocycles. The van der Waals surface area contributed by atoms with E-state index in [4.69, 9.17) is 34.8 Å². The van der Waals surface area contributed by atoms with Gasteiger partial charge in [0.2, 0.25) is 0 Å². The highest BCUT2D eigenvalue weighted by atomic mass is 31.3. The predicted molar refractivity (Wildman–Crippen MR) is 70.5 cm³/mol. The Morgan fingerprint density at radius 2 is 1.67 bits per heavy atom. The quantitative estimate of drug-likeness (QED) is 0.194. The van der Waals surface area contributed by atoms with E-state index in [2.05, 4.69) is 4.31 Å².